The van der Waals surface area contributed by atoms with E-state index in [1.54, 1.807) is 12.3 Å². The van der Waals surface area contributed by atoms with E-state index in [2.05, 4.69) is 53.2 Å². The first-order chi connectivity index (χ1) is 10.9. The first-order valence-corrected chi connectivity index (χ1v) is 10.3. The van der Waals surface area contributed by atoms with Crippen LogP contribution in [0, 0.1) is 9.39 Å². The molecule has 3 rings (SSSR count). The number of nitrogens with one attached hydrogen (secondary N) is 3. The first-order valence-electron chi connectivity index (χ1n) is 6.93. The number of imidazole rings is 1. The molecule has 23 heavy (non-hydrogen) atoms. The molecule has 0 saturated carbocycles. The van der Waals surface area contributed by atoms with Crippen LogP contribution in [0.4, 0.5) is 22.0 Å². The Bertz CT molecular complexity index is 843. The number of benzene rings is 1. The Morgan fingerprint density at radius 3 is 2.78 bits per heavy atom. The first kappa shape index (κ1) is 16.8. The van der Waals surface area contributed by atoms with Crippen molar-refractivity contribution < 1.29 is 4.39 Å². The molecule has 0 amide bonds. The molecule has 0 saturated heterocycles. The summed E-state index contributed by atoms with van der Waals surface area (Å²) in [4.78, 5) is 16.2. The topological polar surface area (TPSA) is 78.5 Å². The van der Waals surface area contributed by atoms with Gasteiger partial charge in [0, 0.05) is 0 Å². The molecule has 0 aliphatic heterocycles. The number of H-pyrrole nitrogens is 1. The zero-order chi connectivity index (χ0) is 16.6. The van der Waals surface area contributed by atoms with E-state index in [4.69, 9.17) is 0 Å². The van der Waals surface area contributed by atoms with E-state index in [9.17, 15) is 4.39 Å². The van der Waals surface area contributed by atoms with Crippen molar-refractivity contribution in [2.75, 3.05) is 10.6 Å². The molecule has 2 aromatic heterocycles. The average Bonchev–Trinajstić information content (AvgIpc) is 2.84. The molecule has 0 fully saturated rings. The second kappa shape index (κ2) is 6.83. The number of rotatable bonds is 4. The Morgan fingerprint density at radius 1 is 1.30 bits per heavy atom. The summed E-state index contributed by atoms with van der Waals surface area (Å²) >= 11 is 2.63. The number of fused-ring (bicyclic) bond motifs is 1. The molecule has 0 aliphatic carbocycles. The number of aromatic amines is 1. The molecule has 3 N–H and O–H groups in total. The van der Waals surface area contributed by atoms with Crippen molar-refractivity contribution in [2.24, 2.45) is 0 Å². The van der Waals surface area contributed by atoms with Crippen LogP contribution in [0.1, 0.15) is 13.8 Å². The van der Waals surface area contributed by atoms with Gasteiger partial charge in [-0.1, -0.05) is 0 Å². The SMILES string of the molecule is CC(C)Nc1ncc2[nH]c(Nc3c(I)cc(F)c[c]3[Tl])nc2n1. The van der Waals surface area contributed by atoms with Crippen LogP contribution in [0.5, 0.6) is 0 Å². The van der Waals surface area contributed by atoms with Gasteiger partial charge in [0.05, 0.1) is 0 Å². The van der Waals surface area contributed by atoms with Gasteiger partial charge in [-0.05, 0) is 0 Å². The van der Waals surface area contributed by atoms with E-state index in [0.29, 0.717) is 43.3 Å². The van der Waals surface area contributed by atoms with Gasteiger partial charge in [0.25, 0.3) is 0 Å². The second-order valence-electron chi connectivity index (χ2n) is 5.29. The van der Waals surface area contributed by atoms with Gasteiger partial charge in [-0.15, -0.1) is 0 Å². The molecular weight excluding hydrogens is 602 g/mol. The number of aromatic nitrogens is 4. The molecule has 9 heteroatoms. The number of halogens is 2. The summed E-state index contributed by atoms with van der Waals surface area (Å²) in [6, 6.07) is 3.31. The monoisotopic (exact) mass is 616 g/mol. The summed E-state index contributed by atoms with van der Waals surface area (Å²) in [5.41, 5.74) is 2.22. The van der Waals surface area contributed by atoms with Crippen molar-refractivity contribution >= 4 is 80.2 Å². The number of anilines is 3. The van der Waals surface area contributed by atoms with Gasteiger partial charge in [0.2, 0.25) is 0 Å². The summed E-state index contributed by atoms with van der Waals surface area (Å²) in [7, 11) is 0. The Hall–Kier alpha value is -1.05. The Balaban J connectivity index is 1.92. The van der Waals surface area contributed by atoms with E-state index in [1.165, 1.54) is 6.07 Å². The van der Waals surface area contributed by atoms with Crippen LogP contribution in [-0.4, -0.2) is 51.7 Å². The fraction of sp³-hybridized carbons (Fsp3) is 0.214. The number of nitrogens with zero attached hydrogens (tertiary/aromatic N) is 3. The molecule has 6 nitrogen and oxygen atoms in total. The molecule has 3 aromatic rings. The summed E-state index contributed by atoms with van der Waals surface area (Å²) < 4.78 is 15.2. The molecule has 2 heterocycles. The van der Waals surface area contributed by atoms with Crippen molar-refractivity contribution in [3.8, 4) is 0 Å². The van der Waals surface area contributed by atoms with E-state index in [0.717, 1.165) is 17.9 Å². The molecule has 0 radical (unpaired) electrons. The van der Waals surface area contributed by atoms with Crippen LogP contribution in [0.3, 0.4) is 0 Å². The molecule has 0 atom stereocenters. The molecule has 1 aromatic carbocycles. The van der Waals surface area contributed by atoms with Crippen LogP contribution in [-0.2, 0) is 0 Å². The van der Waals surface area contributed by atoms with Gasteiger partial charge in [-0.2, -0.15) is 0 Å². The van der Waals surface area contributed by atoms with Crippen molar-refractivity contribution in [1.29, 1.82) is 0 Å². The fourth-order valence-electron chi connectivity index (χ4n) is 2.04. The average molecular weight is 616 g/mol. The van der Waals surface area contributed by atoms with E-state index in [1.807, 2.05) is 13.8 Å². The molecule has 116 valence electrons. The zero-order valence-corrected chi connectivity index (χ0v) is 19.1. The standard InChI is InChI=1S/C14H13FIN6.Tl/c1-7(2)18-13-17-6-11-12(21-13)22-14(20-11)19-10-4-3-8(15)5-9(10)16;/h3,5-7H,1-2H3,(H3,17,18,19,20,21,22);. The van der Waals surface area contributed by atoms with Crippen molar-refractivity contribution in [3.05, 3.63) is 27.7 Å². The van der Waals surface area contributed by atoms with E-state index in [-0.39, 0.29) is 11.9 Å². The van der Waals surface area contributed by atoms with Crippen molar-refractivity contribution in [3.63, 3.8) is 0 Å². The summed E-state index contributed by atoms with van der Waals surface area (Å²) in [6.07, 6.45) is 1.70. The third kappa shape index (κ3) is 3.90. The summed E-state index contributed by atoms with van der Waals surface area (Å²) in [5.74, 6) is 0.909. The van der Waals surface area contributed by atoms with E-state index < -0.39 is 0 Å². The zero-order valence-electron chi connectivity index (χ0n) is 12.5. The van der Waals surface area contributed by atoms with Gasteiger partial charge in [-0.3, -0.25) is 0 Å². The van der Waals surface area contributed by atoms with E-state index >= 15 is 0 Å². The van der Waals surface area contributed by atoms with Gasteiger partial charge in [-0.25, -0.2) is 0 Å². The van der Waals surface area contributed by atoms with Crippen LogP contribution in [0.2, 0.25) is 0 Å². The fourth-order valence-corrected chi connectivity index (χ4v) is 5.43. The van der Waals surface area contributed by atoms with Crippen LogP contribution < -0.4 is 13.8 Å². The van der Waals surface area contributed by atoms with Crippen LogP contribution in [0.25, 0.3) is 11.2 Å². The predicted octanol–water partition coefficient (Wildman–Crippen LogP) is 2.45. The minimum atomic E-state index is -0.211. The maximum atomic E-state index is 13.4. The summed E-state index contributed by atoms with van der Waals surface area (Å²) in [5, 5.41) is 6.38. The normalized spacial score (nSPS) is 11.1. The second-order valence-corrected chi connectivity index (χ2v) is 8.87. The van der Waals surface area contributed by atoms with Gasteiger partial charge in [0.1, 0.15) is 0 Å². The molecule has 0 bridgehead atoms. The van der Waals surface area contributed by atoms with Crippen LogP contribution >= 0.6 is 22.6 Å². The van der Waals surface area contributed by atoms with Gasteiger partial charge >= 0.3 is 163 Å². The third-order valence-electron chi connectivity index (χ3n) is 2.99. The van der Waals surface area contributed by atoms with Crippen molar-refractivity contribution in [2.45, 2.75) is 19.9 Å². The predicted molar refractivity (Wildman–Crippen MR) is 98.2 cm³/mol. The Kier molecular flexibility index (Phi) is 4.99. The third-order valence-corrected chi connectivity index (χ3v) is 5.61. The minimum absolute atomic E-state index is 0.211. The molecule has 0 unspecified atom stereocenters. The van der Waals surface area contributed by atoms with Gasteiger partial charge < -0.3 is 0 Å². The molecule has 0 aliphatic rings. The number of hydrogen-bond acceptors (Lipinski definition) is 5. The summed E-state index contributed by atoms with van der Waals surface area (Å²) in [6.45, 7) is 4.05. The number of hydrogen-bond donors (Lipinski definition) is 3. The molecule has 0 spiro atoms. The maximum absolute atomic E-state index is 13.4. The van der Waals surface area contributed by atoms with Crippen LogP contribution in [0.15, 0.2) is 18.3 Å². The quantitative estimate of drug-likeness (QED) is 0.311. The molecular formula is C14H13FIN6Tl. The van der Waals surface area contributed by atoms with Gasteiger partial charge in [0.15, 0.2) is 0 Å². The van der Waals surface area contributed by atoms with Crippen molar-refractivity contribution in [1.82, 2.24) is 19.9 Å². The Morgan fingerprint density at radius 2 is 2.09 bits per heavy atom. The Labute approximate surface area is 161 Å².